The standard InChI is InChI=1S/C11H21NO/c1-2-3-4-5-6-7-8-9-10-12-11-13/h10-11H,2-9H2,1H3. The van der Waals surface area contributed by atoms with Crippen molar-refractivity contribution in [3.8, 4) is 0 Å². The summed E-state index contributed by atoms with van der Waals surface area (Å²) in [4.78, 5) is 13.3. The van der Waals surface area contributed by atoms with Crippen LogP contribution in [-0.4, -0.2) is 12.6 Å². The van der Waals surface area contributed by atoms with E-state index in [4.69, 9.17) is 0 Å². The van der Waals surface area contributed by atoms with Crippen molar-refractivity contribution in [3.05, 3.63) is 0 Å². The molecule has 0 aliphatic rings. The van der Waals surface area contributed by atoms with Crippen molar-refractivity contribution in [3.63, 3.8) is 0 Å². The minimum absolute atomic E-state index is 0.598. The quantitative estimate of drug-likeness (QED) is 0.306. The van der Waals surface area contributed by atoms with Gasteiger partial charge in [0.15, 0.2) is 0 Å². The molecule has 76 valence electrons. The lowest BCUT2D eigenvalue weighted by atomic mass is 10.1. The van der Waals surface area contributed by atoms with E-state index in [0.717, 1.165) is 6.42 Å². The molecule has 0 rings (SSSR count). The van der Waals surface area contributed by atoms with Gasteiger partial charge in [-0.2, -0.15) is 0 Å². The molecule has 0 unspecified atom stereocenters. The van der Waals surface area contributed by atoms with Gasteiger partial charge in [-0.15, -0.1) is 0 Å². The third kappa shape index (κ3) is 11.3. The molecule has 0 fully saturated rings. The van der Waals surface area contributed by atoms with Crippen LogP contribution in [-0.2, 0) is 4.79 Å². The zero-order chi connectivity index (χ0) is 9.78. The summed E-state index contributed by atoms with van der Waals surface area (Å²) in [5.41, 5.74) is 0. The van der Waals surface area contributed by atoms with Crippen LogP contribution in [0, 0.1) is 0 Å². The van der Waals surface area contributed by atoms with Crippen LogP contribution in [0.15, 0.2) is 4.99 Å². The SMILES string of the molecule is CCCCCCCCCC=NC=O. The Morgan fingerprint density at radius 2 is 1.62 bits per heavy atom. The van der Waals surface area contributed by atoms with Crippen molar-refractivity contribution < 1.29 is 4.79 Å². The van der Waals surface area contributed by atoms with Gasteiger partial charge in [0.25, 0.3) is 0 Å². The summed E-state index contributed by atoms with van der Waals surface area (Å²) < 4.78 is 0. The van der Waals surface area contributed by atoms with Crippen molar-refractivity contribution >= 4 is 12.6 Å². The Bertz CT molecular complexity index is 132. The fourth-order valence-corrected chi connectivity index (χ4v) is 1.31. The van der Waals surface area contributed by atoms with Crippen LogP contribution in [0.2, 0.25) is 0 Å². The first kappa shape index (κ1) is 12.3. The summed E-state index contributed by atoms with van der Waals surface area (Å²) in [7, 11) is 0. The molecule has 0 radical (unpaired) electrons. The highest BCUT2D eigenvalue weighted by atomic mass is 16.1. The van der Waals surface area contributed by atoms with Gasteiger partial charge in [-0.1, -0.05) is 45.4 Å². The maximum absolute atomic E-state index is 9.81. The molecule has 0 N–H and O–H groups in total. The molecule has 0 atom stereocenters. The molecule has 0 aromatic rings. The van der Waals surface area contributed by atoms with Crippen LogP contribution in [0.3, 0.4) is 0 Å². The number of hydrogen-bond acceptors (Lipinski definition) is 1. The van der Waals surface area contributed by atoms with Gasteiger partial charge in [0, 0.05) is 6.21 Å². The van der Waals surface area contributed by atoms with Crippen LogP contribution in [0.25, 0.3) is 0 Å². The van der Waals surface area contributed by atoms with Gasteiger partial charge in [-0.05, 0) is 12.8 Å². The molecule has 0 bridgehead atoms. The Morgan fingerprint density at radius 1 is 1.00 bits per heavy atom. The molecule has 2 nitrogen and oxygen atoms in total. The van der Waals surface area contributed by atoms with Crippen molar-refractivity contribution in [2.75, 3.05) is 0 Å². The normalized spacial score (nSPS) is 10.8. The van der Waals surface area contributed by atoms with E-state index in [-0.39, 0.29) is 0 Å². The molecular weight excluding hydrogens is 162 g/mol. The minimum Gasteiger partial charge on any atom is -0.276 e. The van der Waals surface area contributed by atoms with E-state index in [1.807, 2.05) is 0 Å². The summed E-state index contributed by atoms with van der Waals surface area (Å²) in [6.07, 6.45) is 12.4. The lowest BCUT2D eigenvalue weighted by Gasteiger charge is -1.98. The molecule has 1 amide bonds. The number of hydrogen-bond donors (Lipinski definition) is 0. The Labute approximate surface area is 81.4 Å². The van der Waals surface area contributed by atoms with Gasteiger partial charge in [-0.3, -0.25) is 4.79 Å². The molecule has 0 aliphatic heterocycles. The second kappa shape index (κ2) is 11.3. The number of nitrogens with zero attached hydrogens (tertiary/aromatic N) is 1. The van der Waals surface area contributed by atoms with Crippen LogP contribution in [0.4, 0.5) is 0 Å². The van der Waals surface area contributed by atoms with E-state index >= 15 is 0 Å². The van der Waals surface area contributed by atoms with Crippen molar-refractivity contribution in [2.24, 2.45) is 4.99 Å². The van der Waals surface area contributed by atoms with Crippen molar-refractivity contribution in [2.45, 2.75) is 58.3 Å². The maximum atomic E-state index is 9.81. The molecule has 2 heteroatoms. The fraction of sp³-hybridized carbons (Fsp3) is 0.818. The second-order valence-electron chi connectivity index (χ2n) is 3.35. The number of aliphatic imine (C=N–C) groups is 1. The van der Waals surface area contributed by atoms with E-state index in [1.54, 1.807) is 6.21 Å². The highest BCUT2D eigenvalue weighted by Crippen LogP contribution is 2.07. The van der Waals surface area contributed by atoms with Gasteiger partial charge in [0.2, 0.25) is 6.41 Å². The molecule has 0 saturated heterocycles. The molecule has 0 spiro atoms. The molecular formula is C11H21NO. The molecule has 13 heavy (non-hydrogen) atoms. The first-order chi connectivity index (χ1) is 6.41. The molecule has 0 aliphatic carbocycles. The number of amides is 1. The van der Waals surface area contributed by atoms with E-state index in [1.165, 1.54) is 44.9 Å². The molecule has 0 aromatic carbocycles. The first-order valence-corrected chi connectivity index (χ1v) is 5.37. The predicted molar refractivity (Wildman–Crippen MR) is 57.2 cm³/mol. The number of rotatable bonds is 9. The fourth-order valence-electron chi connectivity index (χ4n) is 1.31. The van der Waals surface area contributed by atoms with Gasteiger partial charge >= 0.3 is 0 Å². The van der Waals surface area contributed by atoms with Crippen LogP contribution >= 0.6 is 0 Å². The lowest BCUT2D eigenvalue weighted by molar-refractivity contribution is -0.106. The minimum atomic E-state index is 0.598. The highest BCUT2D eigenvalue weighted by Gasteiger charge is 1.89. The van der Waals surface area contributed by atoms with Crippen molar-refractivity contribution in [1.82, 2.24) is 0 Å². The number of unbranched alkanes of at least 4 members (excludes halogenated alkanes) is 7. The predicted octanol–water partition coefficient (Wildman–Crippen LogP) is 3.35. The van der Waals surface area contributed by atoms with Crippen LogP contribution in [0.5, 0.6) is 0 Å². The third-order valence-corrected chi connectivity index (χ3v) is 2.10. The maximum Gasteiger partial charge on any atom is 0.232 e. The largest absolute Gasteiger partial charge is 0.276 e. The van der Waals surface area contributed by atoms with Crippen LogP contribution < -0.4 is 0 Å². The van der Waals surface area contributed by atoms with E-state index in [9.17, 15) is 4.79 Å². The van der Waals surface area contributed by atoms with E-state index in [2.05, 4.69) is 11.9 Å². The summed E-state index contributed by atoms with van der Waals surface area (Å²) >= 11 is 0. The monoisotopic (exact) mass is 183 g/mol. The smallest absolute Gasteiger partial charge is 0.232 e. The summed E-state index contributed by atoms with van der Waals surface area (Å²) in [6, 6.07) is 0. The average Bonchev–Trinajstić information content (AvgIpc) is 2.16. The Morgan fingerprint density at radius 3 is 2.23 bits per heavy atom. The Balaban J connectivity index is 2.91. The first-order valence-electron chi connectivity index (χ1n) is 5.37. The van der Waals surface area contributed by atoms with E-state index < -0.39 is 0 Å². The third-order valence-electron chi connectivity index (χ3n) is 2.10. The Hall–Kier alpha value is -0.660. The zero-order valence-corrected chi connectivity index (χ0v) is 8.67. The average molecular weight is 183 g/mol. The highest BCUT2D eigenvalue weighted by molar-refractivity contribution is 5.68. The van der Waals surface area contributed by atoms with Gasteiger partial charge in [0.1, 0.15) is 0 Å². The van der Waals surface area contributed by atoms with E-state index in [0.29, 0.717) is 6.41 Å². The van der Waals surface area contributed by atoms with Crippen LogP contribution in [0.1, 0.15) is 58.3 Å². The summed E-state index contributed by atoms with van der Waals surface area (Å²) in [6.45, 7) is 2.23. The molecule has 0 saturated carbocycles. The summed E-state index contributed by atoms with van der Waals surface area (Å²) in [5.74, 6) is 0. The number of carbonyl (C=O) groups excluding carboxylic acids is 1. The molecule has 0 heterocycles. The van der Waals surface area contributed by atoms with Gasteiger partial charge in [0.05, 0.1) is 0 Å². The second-order valence-corrected chi connectivity index (χ2v) is 3.35. The van der Waals surface area contributed by atoms with Crippen molar-refractivity contribution in [1.29, 1.82) is 0 Å². The Kier molecular flexibility index (Phi) is 10.8. The zero-order valence-electron chi connectivity index (χ0n) is 8.67. The summed E-state index contributed by atoms with van der Waals surface area (Å²) in [5, 5.41) is 0. The topological polar surface area (TPSA) is 29.4 Å². The number of carbonyl (C=O) groups is 1. The lowest BCUT2D eigenvalue weighted by Crippen LogP contribution is -1.81. The molecule has 0 aromatic heterocycles. The van der Waals surface area contributed by atoms with Gasteiger partial charge < -0.3 is 0 Å². The van der Waals surface area contributed by atoms with Gasteiger partial charge in [-0.25, -0.2) is 4.99 Å².